The molecule has 3 N–H and O–H groups in total. The third kappa shape index (κ3) is 3.72. The summed E-state index contributed by atoms with van der Waals surface area (Å²) in [5.74, 6) is 4.98. The molecule has 1 aromatic carbocycles. The molecular formula is C31H46N2O2. The minimum Gasteiger partial charge on any atom is -0.393 e. The third-order valence-electron chi connectivity index (χ3n) is 12.0. The molecule has 0 amide bonds. The van der Waals surface area contributed by atoms with Gasteiger partial charge in [0.1, 0.15) is 5.82 Å². The highest BCUT2D eigenvalue weighted by molar-refractivity contribution is 5.75. The minimum atomic E-state index is -0.194. The molecule has 4 aliphatic rings. The molecule has 2 aromatic rings. The molecule has 0 aliphatic heterocycles. The summed E-state index contributed by atoms with van der Waals surface area (Å²) in [5.41, 5.74) is 3.84. The summed E-state index contributed by atoms with van der Waals surface area (Å²) in [5, 5.41) is 22.1. The average Bonchev–Trinajstić information content (AvgIpc) is 3.40. The van der Waals surface area contributed by atoms with Gasteiger partial charge in [-0.2, -0.15) is 0 Å². The van der Waals surface area contributed by atoms with Crippen molar-refractivity contribution < 1.29 is 10.2 Å². The SMILES string of the molecule is Cc1ccc2nc(CC[C@@H](C)[C@H]3CC[C@H]4[C@@H]5CC[C@@H]6C[C@@H](O)CC[C@]6(C)[C@H]5C[C@H](O)[C@]34C)[nH]c2c1. The predicted octanol–water partition coefficient (Wildman–Crippen LogP) is 6.43. The van der Waals surface area contributed by atoms with Gasteiger partial charge < -0.3 is 15.2 Å². The largest absolute Gasteiger partial charge is 0.393 e. The molecule has 4 fully saturated rings. The molecule has 192 valence electrons. The van der Waals surface area contributed by atoms with Crippen LogP contribution < -0.4 is 0 Å². The Bertz CT molecular complexity index is 1080. The van der Waals surface area contributed by atoms with E-state index in [1.807, 2.05) is 0 Å². The highest BCUT2D eigenvalue weighted by Gasteiger charge is 2.63. The van der Waals surface area contributed by atoms with Crippen LogP contribution >= 0.6 is 0 Å². The number of hydrogen-bond donors (Lipinski definition) is 3. The van der Waals surface area contributed by atoms with E-state index in [9.17, 15) is 10.2 Å². The van der Waals surface area contributed by atoms with Crippen LogP contribution in [0.2, 0.25) is 0 Å². The first-order valence-corrected chi connectivity index (χ1v) is 14.5. The van der Waals surface area contributed by atoms with E-state index in [4.69, 9.17) is 4.98 Å². The number of nitrogens with one attached hydrogen (secondary N) is 1. The molecule has 10 atom stereocenters. The second-order valence-electron chi connectivity index (χ2n) is 13.6. The molecule has 0 spiro atoms. The Hall–Kier alpha value is -1.39. The zero-order chi connectivity index (χ0) is 24.5. The van der Waals surface area contributed by atoms with Gasteiger partial charge in [-0.05, 0) is 129 Å². The number of aliphatic hydroxyl groups excluding tert-OH is 2. The van der Waals surface area contributed by atoms with Crippen molar-refractivity contribution >= 4 is 11.0 Å². The number of benzene rings is 1. The molecule has 6 rings (SSSR count). The number of aryl methyl sites for hydroxylation is 2. The van der Waals surface area contributed by atoms with Gasteiger partial charge in [0.25, 0.3) is 0 Å². The van der Waals surface area contributed by atoms with E-state index < -0.39 is 0 Å². The lowest BCUT2D eigenvalue weighted by molar-refractivity contribution is -0.174. The fraction of sp³-hybridized carbons (Fsp3) is 0.774. The summed E-state index contributed by atoms with van der Waals surface area (Å²) >= 11 is 0. The smallest absolute Gasteiger partial charge is 0.107 e. The number of aromatic nitrogens is 2. The Balaban J connectivity index is 1.18. The lowest BCUT2D eigenvalue weighted by Gasteiger charge is -2.62. The molecule has 1 heterocycles. The van der Waals surface area contributed by atoms with Crippen molar-refractivity contribution in [2.45, 2.75) is 104 Å². The third-order valence-corrected chi connectivity index (χ3v) is 12.0. The van der Waals surface area contributed by atoms with Gasteiger partial charge in [-0.1, -0.05) is 26.8 Å². The normalized spacial score (nSPS) is 44.0. The lowest BCUT2D eigenvalue weighted by Crippen LogP contribution is -2.58. The van der Waals surface area contributed by atoms with E-state index in [1.165, 1.54) is 31.2 Å². The van der Waals surface area contributed by atoms with Crippen LogP contribution in [0.25, 0.3) is 11.0 Å². The van der Waals surface area contributed by atoms with Crippen LogP contribution in [0.15, 0.2) is 18.2 Å². The van der Waals surface area contributed by atoms with E-state index in [0.717, 1.165) is 61.3 Å². The zero-order valence-electron chi connectivity index (χ0n) is 22.3. The van der Waals surface area contributed by atoms with Gasteiger partial charge in [0.2, 0.25) is 0 Å². The lowest BCUT2D eigenvalue weighted by atomic mass is 9.43. The molecule has 35 heavy (non-hydrogen) atoms. The summed E-state index contributed by atoms with van der Waals surface area (Å²) in [4.78, 5) is 8.40. The average molecular weight is 479 g/mol. The fourth-order valence-electron chi connectivity index (χ4n) is 10.0. The molecule has 0 radical (unpaired) electrons. The number of aliphatic hydroxyl groups is 2. The molecule has 0 saturated heterocycles. The Morgan fingerprint density at radius 3 is 2.71 bits per heavy atom. The van der Waals surface area contributed by atoms with Crippen LogP contribution in [0.3, 0.4) is 0 Å². The first-order chi connectivity index (χ1) is 16.7. The van der Waals surface area contributed by atoms with Crippen molar-refractivity contribution in [3.05, 3.63) is 29.6 Å². The number of rotatable bonds is 4. The van der Waals surface area contributed by atoms with Crippen LogP contribution in [0.4, 0.5) is 0 Å². The van der Waals surface area contributed by atoms with Gasteiger partial charge in [-0.15, -0.1) is 0 Å². The molecule has 4 nitrogen and oxygen atoms in total. The number of aromatic amines is 1. The summed E-state index contributed by atoms with van der Waals surface area (Å²) in [6, 6.07) is 6.44. The predicted molar refractivity (Wildman–Crippen MR) is 141 cm³/mol. The van der Waals surface area contributed by atoms with Crippen molar-refractivity contribution in [1.82, 2.24) is 9.97 Å². The molecule has 0 bridgehead atoms. The first-order valence-electron chi connectivity index (χ1n) is 14.5. The summed E-state index contributed by atoms with van der Waals surface area (Å²) < 4.78 is 0. The van der Waals surface area contributed by atoms with Crippen LogP contribution in [0.5, 0.6) is 0 Å². The van der Waals surface area contributed by atoms with Gasteiger partial charge in [0, 0.05) is 6.42 Å². The molecule has 0 unspecified atom stereocenters. The number of imidazole rings is 1. The Labute approximate surface area is 211 Å². The van der Waals surface area contributed by atoms with Crippen molar-refractivity contribution in [2.24, 2.45) is 46.3 Å². The number of nitrogens with zero attached hydrogens (tertiary/aromatic N) is 1. The maximum Gasteiger partial charge on any atom is 0.107 e. The fourth-order valence-corrected chi connectivity index (χ4v) is 10.0. The zero-order valence-corrected chi connectivity index (χ0v) is 22.3. The summed E-state index contributed by atoms with van der Waals surface area (Å²) in [7, 11) is 0. The molecule has 4 aliphatic carbocycles. The minimum absolute atomic E-state index is 0.0446. The second-order valence-corrected chi connectivity index (χ2v) is 13.6. The summed E-state index contributed by atoms with van der Waals surface area (Å²) in [6.07, 6.45) is 11.0. The quantitative estimate of drug-likeness (QED) is 0.474. The Kier molecular flexibility index (Phi) is 5.88. The Morgan fingerprint density at radius 2 is 1.89 bits per heavy atom. The summed E-state index contributed by atoms with van der Waals surface area (Å²) in [6.45, 7) is 9.53. The van der Waals surface area contributed by atoms with Crippen molar-refractivity contribution in [2.75, 3.05) is 0 Å². The standard InChI is InChI=1S/C31H46N2O2/c1-18-5-11-26-27(15-18)33-29(32-26)12-6-19(2)23-9-10-24-22-8-7-20-16-21(34)13-14-30(20,3)25(22)17-28(35)31(23,24)4/h5,11,15,19-25,28,34-35H,6-10,12-14,16-17H2,1-4H3,(H,32,33)/t19-,20-,21+,22+,23-,24+,25+,28+,30+,31-/m1/s1. The van der Waals surface area contributed by atoms with Crippen LogP contribution in [-0.2, 0) is 6.42 Å². The number of hydrogen-bond acceptors (Lipinski definition) is 3. The van der Waals surface area contributed by atoms with Gasteiger partial charge >= 0.3 is 0 Å². The molecule has 4 heteroatoms. The maximum atomic E-state index is 11.8. The van der Waals surface area contributed by atoms with Gasteiger partial charge in [-0.3, -0.25) is 0 Å². The highest BCUT2D eigenvalue weighted by Crippen LogP contribution is 2.68. The molecule has 1 aromatic heterocycles. The van der Waals surface area contributed by atoms with E-state index in [1.54, 1.807) is 0 Å². The van der Waals surface area contributed by atoms with E-state index in [-0.39, 0.29) is 17.6 Å². The van der Waals surface area contributed by atoms with Gasteiger partial charge in [0.05, 0.1) is 23.2 Å². The van der Waals surface area contributed by atoms with Crippen LogP contribution in [-0.4, -0.2) is 32.4 Å². The maximum absolute atomic E-state index is 11.8. The van der Waals surface area contributed by atoms with Crippen molar-refractivity contribution in [3.8, 4) is 0 Å². The van der Waals surface area contributed by atoms with Gasteiger partial charge in [-0.25, -0.2) is 4.98 Å². The highest BCUT2D eigenvalue weighted by atomic mass is 16.3. The monoisotopic (exact) mass is 478 g/mol. The van der Waals surface area contributed by atoms with Gasteiger partial charge in [0.15, 0.2) is 0 Å². The Morgan fingerprint density at radius 1 is 1.06 bits per heavy atom. The number of fused-ring (bicyclic) bond motifs is 6. The van der Waals surface area contributed by atoms with Crippen molar-refractivity contribution in [3.63, 3.8) is 0 Å². The first kappa shape index (κ1) is 24.0. The van der Waals surface area contributed by atoms with E-state index in [2.05, 4.69) is 50.9 Å². The van der Waals surface area contributed by atoms with E-state index in [0.29, 0.717) is 35.0 Å². The van der Waals surface area contributed by atoms with Crippen LogP contribution in [0.1, 0.15) is 89.9 Å². The van der Waals surface area contributed by atoms with Crippen molar-refractivity contribution in [1.29, 1.82) is 0 Å². The topological polar surface area (TPSA) is 69.1 Å². The molecule has 4 saturated carbocycles. The second kappa shape index (κ2) is 8.58. The number of H-pyrrole nitrogens is 1. The van der Waals surface area contributed by atoms with Crippen LogP contribution in [0, 0.1) is 53.3 Å². The van der Waals surface area contributed by atoms with E-state index >= 15 is 0 Å². The molecular weight excluding hydrogens is 432 g/mol.